The molecule has 25 heavy (non-hydrogen) atoms. The number of fused-ring (bicyclic) bond motifs is 1. The number of hydrogen-bond donors (Lipinski definition) is 3. The van der Waals surface area contributed by atoms with Crippen molar-refractivity contribution in [2.75, 3.05) is 19.0 Å². The van der Waals surface area contributed by atoms with E-state index >= 15 is 0 Å². The summed E-state index contributed by atoms with van der Waals surface area (Å²) in [6.45, 7) is 0.353. The molecule has 2 aromatic carbocycles. The zero-order chi connectivity index (χ0) is 18.1. The number of carbonyl (C=O) groups is 2. The number of hydroxylamine groups is 3. The number of rotatable bonds is 8. The Hall–Kier alpha value is -2.64. The molecule has 0 aliphatic heterocycles. The Kier molecular flexibility index (Phi) is 7.18. The molecule has 134 valence electrons. The fourth-order valence-corrected chi connectivity index (χ4v) is 2.39. The maximum absolute atomic E-state index is 11.9. The molecule has 2 rings (SSSR count). The molecule has 0 radical (unpaired) electrons. The van der Waals surface area contributed by atoms with Crippen molar-refractivity contribution < 1.29 is 19.6 Å². The highest BCUT2D eigenvalue weighted by Gasteiger charge is 2.06. The molecule has 0 heterocycles. The van der Waals surface area contributed by atoms with E-state index in [4.69, 9.17) is 10.0 Å². The van der Waals surface area contributed by atoms with Gasteiger partial charge in [0, 0.05) is 18.9 Å². The minimum Gasteiger partial charge on any atom is -0.306 e. The van der Waals surface area contributed by atoms with Gasteiger partial charge in [0.05, 0.1) is 12.3 Å². The quantitative estimate of drug-likeness (QED) is 0.389. The Morgan fingerprint density at radius 1 is 1.08 bits per heavy atom. The van der Waals surface area contributed by atoms with Crippen molar-refractivity contribution in [3.05, 3.63) is 42.5 Å². The number of hydrogen-bond acceptors (Lipinski definition) is 4. The first-order valence-electron chi connectivity index (χ1n) is 8.20. The monoisotopic (exact) mass is 345 g/mol. The van der Waals surface area contributed by atoms with E-state index in [2.05, 4.69) is 10.8 Å². The van der Waals surface area contributed by atoms with Gasteiger partial charge in [0.2, 0.25) is 5.91 Å². The minimum absolute atomic E-state index is 0.294. The van der Waals surface area contributed by atoms with E-state index in [1.54, 1.807) is 0 Å². The molecule has 0 bridgehead atoms. The molecule has 7 nitrogen and oxygen atoms in total. The van der Waals surface area contributed by atoms with Crippen LogP contribution in [0.5, 0.6) is 0 Å². The number of anilines is 1. The van der Waals surface area contributed by atoms with Crippen LogP contribution in [0.2, 0.25) is 0 Å². The lowest BCUT2D eigenvalue weighted by Gasteiger charge is -2.10. The number of amides is 3. The summed E-state index contributed by atoms with van der Waals surface area (Å²) in [5.41, 5.74) is 3.06. The smallest absolute Gasteiger partial charge is 0.306 e. The van der Waals surface area contributed by atoms with Gasteiger partial charge in [-0.3, -0.25) is 14.8 Å². The van der Waals surface area contributed by atoms with Crippen LogP contribution in [0.25, 0.3) is 10.8 Å². The molecule has 0 saturated heterocycles. The zero-order valence-electron chi connectivity index (χ0n) is 14.2. The first-order chi connectivity index (χ1) is 12.1. The van der Waals surface area contributed by atoms with Crippen molar-refractivity contribution in [2.45, 2.75) is 25.7 Å². The highest BCUT2D eigenvalue weighted by molar-refractivity contribution is 6.01. The second kappa shape index (κ2) is 9.61. The summed E-state index contributed by atoms with van der Waals surface area (Å²) in [4.78, 5) is 28.2. The van der Waals surface area contributed by atoms with E-state index in [1.807, 2.05) is 42.5 Å². The molecule has 0 spiro atoms. The van der Waals surface area contributed by atoms with Crippen molar-refractivity contribution >= 4 is 28.4 Å². The fraction of sp³-hybridized carbons (Fsp3) is 0.333. The molecule has 0 saturated carbocycles. The first-order valence-corrected chi connectivity index (χ1v) is 8.20. The third-order valence-corrected chi connectivity index (χ3v) is 3.70. The summed E-state index contributed by atoms with van der Waals surface area (Å²) < 4.78 is 0. The number of benzene rings is 2. The van der Waals surface area contributed by atoms with Gasteiger partial charge < -0.3 is 5.32 Å². The van der Waals surface area contributed by atoms with Gasteiger partial charge >= 0.3 is 6.03 Å². The molecule has 7 heteroatoms. The van der Waals surface area contributed by atoms with Crippen LogP contribution >= 0.6 is 0 Å². The predicted molar refractivity (Wildman–Crippen MR) is 95.1 cm³/mol. The van der Waals surface area contributed by atoms with Crippen molar-refractivity contribution in [3.8, 4) is 0 Å². The van der Waals surface area contributed by atoms with Crippen LogP contribution in [0.4, 0.5) is 10.5 Å². The van der Waals surface area contributed by atoms with Crippen LogP contribution in [0.15, 0.2) is 42.5 Å². The number of nitrogens with one attached hydrogen (secondary N) is 2. The second-order valence-corrected chi connectivity index (χ2v) is 5.66. The van der Waals surface area contributed by atoms with Crippen LogP contribution in [0, 0.1) is 0 Å². The third kappa shape index (κ3) is 6.06. The van der Waals surface area contributed by atoms with E-state index in [9.17, 15) is 9.59 Å². The van der Waals surface area contributed by atoms with Crippen LogP contribution in [0.1, 0.15) is 25.7 Å². The lowest BCUT2D eigenvalue weighted by molar-refractivity contribution is -0.159. The van der Waals surface area contributed by atoms with Gasteiger partial charge in [-0.15, -0.1) is 0 Å². The molecule has 0 aliphatic carbocycles. The van der Waals surface area contributed by atoms with E-state index in [0.717, 1.165) is 17.2 Å². The zero-order valence-corrected chi connectivity index (χ0v) is 14.2. The maximum Gasteiger partial charge on any atom is 0.343 e. The van der Waals surface area contributed by atoms with Crippen LogP contribution in [-0.2, 0) is 9.63 Å². The maximum atomic E-state index is 11.9. The summed E-state index contributed by atoms with van der Waals surface area (Å²) in [6.07, 6.45) is 2.43. The molecule has 0 fully saturated rings. The van der Waals surface area contributed by atoms with E-state index in [-0.39, 0.29) is 5.91 Å². The number of urea groups is 1. The van der Waals surface area contributed by atoms with Crippen LogP contribution in [-0.4, -0.2) is 35.9 Å². The van der Waals surface area contributed by atoms with Gasteiger partial charge in [0.15, 0.2) is 0 Å². The Bertz CT molecular complexity index is 713. The van der Waals surface area contributed by atoms with Gasteiger partial charge in [-0.05, 0) is 24.3 Å². The largest absolute Gasteiger partial charge is 0.343 e. The van der Waals surface area contributed by atoms with Crippen LogP contribution < -0.4 is 10.8 Å². The first kappa shape index (κ1) is 18.7. The minimum atomic E-state index is -0.437. The molecule has 0 aromatic heterocycles. The highest BCUT2D eigenvalue weighted by Crippen LogP contribution is 2.22. The van der Waals surface area contributed by atoms with E-state index < -0.39 is 6.03 Å². The Morgan fingerprint density at radius 3 is 2.64 bits per heavy atom. The highest BCUT2D eigenvalue weighted by atomic mass is 16.7. The summed E-state index contributed by atoms with van der Waals surface area (Å²) in [7, 11) is 1.31. The number of carbonyl (C=O) groups excluding carboxylic acids is 2. The topological polar surface area (TPSA) is 90.9 Å². The average Bonchev–Trinajstić information content (AvgIpc) is 2.61. The van der Waals surface area contributed by atoms with E-state index in [1.165, 1.54) is 7.05 Å². The molecule has 0 unspecified atom stereocenters. The number of unbranched alkanes of at least 4 members (excludes halogenated alkanes) is 2. The molecule has 2 aromatic rings. The molecule has 3 N–H and O–H groups in total. The lowest BCUT2D eigenvalue weighted by Crippen LogP contribution is -2.29. The van der Waals surface area contributed by atoms with Crippen molar-refractivity contribution in [3.63, 3.8) is 0 Å². The van der Waals surface area contributed by atoms with Crippen LogP contribution in [0.3, 0.4) is 0 Å². The summed E-state index contributed by atoms with van der Waals surface area (Å²) in [6, 6.07) is 13.0. The van der Waals surface area contributed by atoms with Gasteiger partial charge in [-0.2, -0.15) is 0 Å². The molecule has 0 atom stereocenters. The normalized spacial score (nSPS) is 10.5. The molecule has 0 aliphatic rings. The molecular formula is C18H23N3O4. The predicted octanol–water partition coefficient (Wildman–Crippen LogP) is 3.30. The Morgan fingerprint density at radius 2 is 1.84 bits per heavy atom. The van der Waals surface area contributed by atoms with Gasteiger partial charge in [0.25, 0.3) is 0 Å². The number of nitrogens with zero attached hydrogens (tertiary/aromatic N) is 1. The Labute approximate surface area is 146 Å². The second-order valence-electron chi connectivity index (χ2n) is 5.66. The lowest BCUT2D eigenvalue weighted by atomic mass is 10.1. The fourth-order valence-electron chi connectivity index (χ4n) is 2.39. The van der Waals surface area contributed by atoms with E-state index in [0.29, 0.717) is 36.6 Å². The van der Waals surface area contributed by atoms with Gasteiger partial charge in [-0.25, -0.2) is 15.3 Å². The Balaban J connectivity index is 1.65. The summed E-state index contributed by atoms with van der Waals surface area (Å²) in [5, 5.41) is 14.3. The molecular weight excluding hydrogens is 322 g/mol. The average molecular weight is 345 g/mol. The molecule has 3 amide bonds. The summed E-state index contributed by atoms with van der Waals surface area (Å²) >= 11 is 0. The van der Waals surface area contributed by atoms with Gasteiger partial charge in [-0.1, -0.05) is 42.8 Å². The standard InChI is InChI=1S/C18H23N3O4/c1-21(24)17(22)12-3-2-6-13-25-20-18(23)19-16-11-7-9-14-8-4-5-10-15(14)16/h4-5,7-11,24H,2-3,6,12-13H2,1H3,(H2,19,20,23). The van der Waals surface area contributed by atoms with Gasteiger partial charge in [0.1, 0.15) is 0 Å². The van der Waals surface area contributed by atoms with Crippen molar-refractivity contribution in [1.29, 1.82) is 0 Å². The van der Waals surface area contributed by atoms with Crippen molar-refractivity contribution in [2.24, 2.45) is 0 Å². The third-order valence-electron chi connectivity index (χ3n) is 3.70. The summed E-state index contributed by atoms with van der Waals surface area (Å²) in [5.74, 6) is -0.312. The SMILES string of the molecule is CN(O)C(=O)CCCCCONC(=O)Nc1cccc2ccccc12. The van der Waals surface area contributed by atoms with Crippen molar-refractivity contribution in [1.82, 2.24) is 10.5 Å².